The van der Waals surface area contributed by atoms with Gasteiger partial charge < -0.3 is 10.6 Å². The van der Waals surface area contributed by atoms with Gasteiger partial charge in [-0.05, 0) is 58.6 Å². The SMILES string of the molecule is CCC(C)(C)NC(=O)C(C)NCCCCCSC. The van der Waals surface area contributed by atoms with Crippen LogP contribution < -0.4 is 10.6 Å². The Labute approximate surface area is 117 Å². The molecule has 0 spiro atoms. The summed E-state index contributed by atoms with van der Waals surface area (Å²) in [5.41, 5.74) is -0.106. The van der Waals surface area contributed by atoms with Crippen LogP contribution in [0.15, 0.2) is 0 Å². The summed E-state index contributed by atoms with van der Waals surface area (Å²) in [6.07, 6.45) is 6.74. The summed E-state index contributed by atoms with van der Waals surface area (Å²) in [5, 5.41) is 6.35. The zero-order valence-corrected chi connectivity index (χ0v) is 13.5. The zero-order valence-electron chi connectivity index (χ0n) is 12.6. The Morgan fingerprint density at radius 1 is 1.28 bits per heavy atom. The topological polar surface area (TPSA) is 41.1 Å². The molecule has 108 valence electrons. The number of unbranched alkanes of at least 4 members (excludes halogenated alkanes) is 2. The molecule has 0 bridgehead atoms. The fourth-order valence-corrected chi connectivity index (χ4v) is 1.98. The molecule has 18 heavy (non-hydrogen) atoms. The van der Waals surface area contributed by atoms with Gasteiger partial charge in [-0.15, -0.1) is 0 Å². The Morgan fingerprint density at radius 2 is 1.94 bits per heavy atom. The molecule has 0 aliphatic rings. The van der Waals surface area contributed by atoms with Gasteiger partial charge in [0.05, 0.1) is 6.04 Å². The standard InChI is InChI=1S/C14H30N2OS/c1-6-14(3,4)16-13(17)12(2)15-10-8-7-9-11-18-5/h12,15H,6-11H2,1-5H3,(H,16,17). The quantitative estimate of drug-likeness (QED) is 0.602. The van der Waals surface area contributed by atoms with Crippen LogP contribution in [0.4, 0.5) is 0 Å². The van der Waals surface area contributed by atoms with E-state index in [-0.39, 0.29) is 17.5 Å². The maximum Gasteiger partial charge on any atom is 0.237 e. The first kappa shape index (κ1) is 17.8. The molecule has 0 aliphatic carbocycles. The Kier molecular flexibility index (Phi) is 9.56. The van der Waals surface area contributed by atoms with Crippen molar-refractivity contribution in [1.29, 1.82) is 0 Å². The number of amides is 1. The van der Waals surface area contributed by atoms with E-state index in [1.165, 1.54) is 18.6 Å². The Balaban J connectivity index is 3.68. The zero-order chi connectivity index (χ0) is 14.0. The summed E-state index contributed by atoms with van der Waals surface area (Å²) in [4.78, 5) is 11.9. The van der Waals surface area contributed by atoms with Crippen LogP contribution in [0.1, 0.15) is 53.4 Å². The highest BCUT2D eigenvalue weighted by atomic mass is 32.2. The summed E-state index contributed by atoms with van der Waals surface area (Å²) >= 11 is 1.90. The van der Waals surface area contributed by atoms with Crippen LogP contribution in [-0.2, 0) is 4.79 Å². The predicted octanol–water partition coefficient (Wildman–Crippen LogP) is 2.80. The summed E-state index contributed by atoms with van der Waals surface area (Å²) in [6.45, 7) is 9.06. The van der Waals surface area contributed by atoms with Crippen molar-refractivity contribution in [2.24, 2.45) is 0 Å². The van der Waals surface area contributed by atoms with Gasteiger partial charge in [0.1, 0.15) is 0 Å². The van der Waals surface area contributed by atoms with Crippen molar-refractivity contribution in [2.75, 3.05) is 18.6 Å². The van der Waals surface area contributed by atoms with Crippen LogP contribution in [-0.4, -0.2) is 36.0 Å². The maximum atomic E-state index is 11.9. The van der Waals surface area contributed by atoms with Crippen molar-refractivity contribution in [2.45, 2.75) is 65.0 Å². The molecular formula is C14H30N2OS. The van der Waals surface area contributed by atoms with E-state index in [1.54, 1.807) is 0 Å². The highest BCUT2D eigenvalue weighted by Crippen LogP contribution is 2.07. The molecule has 0 saturated carbocycles. The molecule has 1 amide bonds. The van der Waals surface area contributed by atoms with Crippen molar-refractivity contribution in [3.05, 3.63) is 0 Å². The molecule has 0 saturated heterocycles. The molecule has 2 N–H and O–H groups in total. The molecule has 1 atom stereocenters. The molecule has 0 aromatic carbocycles. The highest BCUT2D eigenvalue weighted by Gasteiger charge is 2.21. The molecule has 1 unspecified atom stereocenters. The highest BCUT2D eigenvalue weighted by molar-refractivity contribution is 7.98. The third-order valence-corrected chi connectivity index (χ3v) is 3.91. The van der Waals surface area contributed by atoms with Gasteiger partial charge in [-0.1, -0.05) is 13.3 Å². The van der Waals surface area contributed by atoms with Crippen LogP contribution in [0.3, 0.4) is 0 Å². The second-order valence-corrected chi connectivity index (χ2v) is 6.44. The van der Waals surface area contributed by atoms with Crippen LogP contribution in [0.2, 0.25) is 0 Å². The lowest BCUT2D eigenvalue weighted by atomic mass is 10.0. The van der Waals surface area contributed by atoms with E-state index in [0.717, 1.165) is 19.4 Å². The first-order chi connectivity index (χ1) is 8.43. The average Bonchev–Trinajstić information content (AvgIpc) is 2.32. The fraction of sp³-hybridized carbons (Fsp3) is 0.929. The van der Waals surface area contributed by atoms with Crippen LogP contribution in [0.5, 0.6) is 0 Å². The molecule has 0 aromatic heterocycles. The number of carbonyl (C=O) groups is 1. The number of hydrogen-bond acceptors (Lipinski definition) is 3. The van der Waals surface area contributed by atoms with E-state index in [0.29, 0.717) is 0 Å². The molecule has 0 rings (SSSR count). The van der Waals surface area contributed by atoms with E-state index in [4.69, 9.17) is 0 Å². The van der Waals surface area contributed by atoms with Gasteiger partial charge in [0.2, 0.25) is 5.91 Å². The van der Waals surface area contributed by atoms with Gasteiger partial charge in [-0.2, -0.15) is 11.8 Å². The molecule has 4 heteroatoms. The van der Waals surface area contributed by atoms with Crippen molar-refractivity contribution < 1.29 is 4.79 Å². The van der Waals surface area contributed by atoms with Crippen molar-refractivity contribution in [3.8, 4) is 0 Å². The summed E-state index contributed by atoms with van der Waals surface area (Å²) < 4.78 is 0. The van der Waals surface area contributed by atoms with Crippen LogP contribution in [0.25, 0.3) is 0 Å². The summed E-state index contributed by atoms with van der Waals surface area (Å²) in [6, 6.07) is -0.101. The van der Waals surface area contributed by atoms with Gasteiger partial charge in [0.15, 0.2) is 0 Å². The smallest absolute Gasteiger partial charge is 0.237 e. The first-order valence-corrected chi connectivity index (χ1v) is 8.36. The summed E-state index contributed by atoms with van der Waals surface area (Å²) in [7, 11) is 0. The number of carbonyl (C=O) groups excluding carboxylic acids is 1. The van der Waals surface area contributed by atoms with Gasteiger partial charge >= 0.3 is 0 Å². The normalized spacial score (nSPS) is 13.4. The minimum atomic E-state index is -0.106. The molecule has 0 aromatic rings. The van der Waals surface area contributed by atoms with E-state index < -0.39 is 0 Å². The number of rotatable bonds is 10. The van der Waals surface area contributed by atoms with Crippen molar-refractivity contribution in [3.63, 3.8) is 0 Å². The second kappa shape index (κ2) is 9.68. The lowest BCUT2D eigenvalue weighted by molar-refractivity contribution is -0.124. The number of thioether (sulfide) groups is 1. The Morgan fingerprint density at radius 3 is 2.50 bits per heavy atom. The van der Waals surface area contributed by atoms with Crippen LogP contribution >= 0.6 is 11.8 Å². The molecule has 3 nitrogen and oxygen atoms in total. The molecule has 0 aliphatic heterocycles. The first-order valence-electron chi connectivity index (χ1n) is 6.97. The lowest BCUT2D eigenvalue weighted by Gasteiger charge is -2.26. The van der Waals surface area contributed by atoms with Crippen molar-refractivity contribution in [1.82, 2.24) is 10.6 Å². The van der Waals surface area contributed by atoms with E-state index >= 15 is 0 Å². The number of hydrogen-bond donors (Lipinski definition) is 2. The average molecular weight is 274 g/mol. The van der Waals surface area contributed by atoms with E-state index in [1.807, 2.05) is 18.7 Å². The minimum absolute atomic E-state index is 0.101. The van der Waals surface area contributed by atoms with Gasteiger partial charge in [0.25, 0.3) is 0 Å². The third-order valence-electron chi connectivity index (χ3n) is 3.21. The molecular weight excluding hydrogens is 244 g/mol. The molecule has 0 radical (unpaired) electrons. The Bertz CT molecular complexity index is 232. The van der Waals surface area contributed by atoms with Gasteiger partial charge in [-0.3, -0.25) is 4.79 Å². The minimum Gasteiger partial charge on any atom is -0.350 e. The summed E-state index contributed by atoms with van der Waals surface area (Å²) in [5.74, 6) is 1.34. The van der Waals surface area contributed by atoms with Gasteiger partial charge in [0, 0.05) is 5.54 Å². The van der Waals surface area contributed by atoms with Crippen molar-refractivity contribution >= 4 is 17.7 Å². The second-order valence-electron chi connectivity index (χ2n) is 5.46. The van der Waals surface area contributed by atoms with Crippen LogP contribution in [0, 0.1) is 0 Å². The molecule has 0 heterocycles. The number of nitrogens with one attached hydrogen (secondary N) is 2. The molecule has 0 fully saturated rings. The maximum absolute atomic E-state index is 11.9. The van der Waals surface area contributed by atoms with E-state index in [9.17, 15) is 4.79 Å². The Hall–Kier alpha value is -0.220. The predicted molar refractivity (Wildman–Crippen MR) is 82.2 cm³/mol. The third kappa shape index (κ3) is 8.81. The lowest BCUT2D eigenvalue weighted by Crippen LogP contribution is -2.50. The van der Waals surface area contributed by atoms with Gasteiger partial charge in [-0.25, -0.2) is 0 Å². The largest absolute Gasteiger partial charge is 0.350 e. The monoisotopic (exact) mass is 274 g/mol. The van der Waals surface area contributed by atoms with E-state index in [2.05, 4.69) is 37.7 Å². The fourth-order valence-electron chi connectivity index (χ4n) is 1.49.